The van der Waals surface area contributed by atoms with Gasteiger partial charge in [-0.1, -0.05) is 31.2 Å². The van der Waals surface area contributed by atoms with Crippen molar-refractivity contribution in [2.45, 2.75) is 32.1 Å². The largest absolute Gasteiger partial charge is 0.396 e. The lowest BCUT2D eigenvalue weighted by Crippen LogP contribution is -2.29. The third-order valence-corrected chi connectivity index (χ3v) is 3.69. The molecule has 1 aromatic rings. The molecule has 0 amide bonds. The predicted octanol–water partition coefficient (Wildman–Crippen LogP) is 2.32. The fourth-order valence-corrected chi connectivity index (χ4v) is 2.64. The van der Waals surface area contributed by atoms with Gasteiger partial charge in [0.05, 0.1) is 0 Å². The zero-order valence-electron chi connectivity index (χ0n) is 10.7. The molecule has 2 nitrogen and oxygen atoms in total. The maximum atomic E-state index is 8.99. The van der Waals surface area contributed by atoms with Gasteiger partial charge in [0.15, 0.2) is 0 Å². The first-order chi connectivity index (χ1) is 8.31. The molecule has 0 aliphatic heterocycles. The molecule has 0 radical (unpaired) electrons. The Morgan fingerprint density at radius 1 is 1.41 bits per heavy atom. The van der Waals surface area contributed by atoms with Crippen LogP contribution in [0, 0.1) is 5.92 Å². The molecule has 0 aromatic heterocycles. The minimum atomic E-state index is 0.272. The molecule has 0 saturated heterocycles. The van der Waals surface area contributed by atoms with E-state index < -0.39 is 0 Å². The number of nitrogens with one attached hydrogen (secondary N) is 1. The monoisotopic (exact) mass is 233 g/mol. The molecule has 2 rings (SSSR count). The van der Waals surface area contributed by atoms with Gasteiger partial charge in [-0.3, -0.25) is 0 Å². The first-order valence-electron chi connectivity index (χ1n) is 6.70. The number of aliphatic hydroxyl groups excluding tert-OH is 1. The number of hydrogen-bond donors (Lipinski definition) is 2. The molecule has 0 heterocycles. The molecule has 0 bridgehead atoms. The average Bonchev–Trinajstić information content (AvgIpc) is 2.39. The summed E-state index contributed by atoms with van der Waals surface area (Å²) in [6, 6.07) is 8.82. The van der Waals surface area contributed by atoms with Crippen molar-refractivity contribution >= 4 is 0 Å². The van der Waals surface area contributed by atoms with E-state index in [9.17, 15) is 0 Å². The zero-order chi connectivity index (χ0) is 12.1. The molecule has 0 fully saturated rings. The molecular formula is C15H23NO. The molecule has 2 atom stereocenters. The smallest absolute Gasteiger partial charge is 0.0468 e. The van der Waals surface area contributed by atoms with Crippen molar-refractivity contribution < 1.29 is 5.11 Å². The minimum Gasteiger partial charge on any atom is -0.396 e. The normalized spacial score (nSPS) is 20.9. The summed E-state index contributed by atoms with van der Waals surface area (Å²) in [6.45, 7) is 4.30. The molecule has 0 saturated carbocycles. The molecule has 1 aromatic carbocycles. The second kappa shape index (κ2) is 6.18. The molecule has 1 aliphatic carbocycles. The first kappa shape index (κ1) is 12.6. The van der Waals surface area contributed by atoms with E-state index in [1.165, 1.54) is 30.4 Å². The zero-order valence-corrected chi connectivity index (χ0v) is 10.7. The molecule has 2 heteroatoms. The van der Waals surface area contributed by atoms with Gasteiger partial charge < -0.3 is 10.4 Å². The van der Waals surface area contributed by atoms with Crippen LogP contribution in [-0.2, 0) is 6.42 Å². The minimum absolute atomic E-state index is 0.272. The number of rotatable bonds is 5. The van der Waals surface area contributed by atoms with Crippen LogP contribution < -0.4 is 5.32 Å². The lowest BCUT2D eigenvalue weighted by molar-refractivity contribution is 0.233. The van der Waals surface area contributed by atoms with E-state index in [2.05, 4.69) is 36.5 Å². The van der Waals surface area contributed by atoms with Gasteiger partial charge in [-0.2, -0.15) is 0 Å². The predicted molar refractivity (Wildman–Crippen MR) is 71.2 cm³/mol. The number of hydrogen-bond acceptors (Lipinski definition) is 2. The van der Waals surface area contributed by atoms with Crippen molar-refractivity contribution in [2.24, 2.45) is 5.92 Å². The van der Waals surface area contributed by atoms with Crippen LogP contribution in [0.4, 0.5) is 0 Å². The molecule has 2 N–H and O–H groups in total. The van der Waals surface area contributed by atoms with Gasteiger partial charge in [-0.25, -0.2) is 0 Å². The van der Waals surface area contributed by atoms with Crippen LogP contribution in [0.5, 0.6) is 0 Å². The Morgan fingerprint density at radius 2 is 2.24 bits per heavy atom. The van der Waals surface area contributed by atoms with Gasteiger partial charge in [0.2, 0.25) is 0 Å². The molecule has 2 unspecified atom stereocenters. The van der Waals surface area contributed by atoms with Gasteiger partial charge in [0.25, 0.3) is 0 Å². The van der Waals surface area contributed by atoms with Crippen molar-refractivity contribution in [3.05, 3.63) is 35.4 Å². The van der Waals surface area contributed by atoms with E-state index in [1.807, 2.05) is 0 Å². The maximum Gasteiger partial charge on any atom is 0.0468 e. The van der Waals surface area contributed by atoms with Crippen LogP contribution >= 0.6 is 0 Å². The van der Waals surface area contributed by atoms with Gasteiger partial charge in [0.1, 0.15) is 0 Å². The van der Waals surface area contributed by atoms with Crippen LogP contribution in [-0.4, -0.2) is 24.8 Å². The van der Waals surface area contributed by atoms with Gasteiger partial charge >= 0.3 is 0 Å². The summed E-state index contributed by atoms with van der Waals surface area (Å²) in [7, 11) is 0. The van der Waals surface area contributed by atoms with E-state index in [0.29, 0.717) is 11.8 Å². The highest BCUT2D eigenvalue weighted by molar-refractivity contribution is 5.32. The van der Waals surface area contributed by atoms with Gasteiger partial charge in [-0.15, -0.1) is 0 Å². The Kier molecular flexibility index (Phi) is 4.57. The number of aryl methyl sites for hydroxylation is 1. The van der Waals surface area contributed by atoms with E-state index in [4.69, 9.17) is 5.11 Å². The Hall–Kier alpha value is -0.860. The standard InChI is InChI=1S/C15H23NO/c1-12(11-17)9-16-10-14-7-4-6-13-5-2-3-8-15(13)14/h2-3,5,8,12,14,16-17H,4,6-7,9-11H2,1H3. The fourth-order valence-electron chi connectivity index (χ4n) is 2.64. The highest BCUT2D eigenvalue weighted by Crippen LogP contribution is 2.30. The lowest BCUT2D eigenvalue weighted by Gasteiger charge is -2.26. The molecule has 17 heavy (non-hydrogen) atoms. The van der Waals surface area contributed by atoms with Crippen molar-refractivity contribution in [1.29, 1.82) is 0 Å². The van der Waals surface area contributed by atoms with Crippen LogP contribution in [0.25, 0.3) is 0 Å². The second-order valence-corrected chi connectivity index (χ2v) is 5.23. The van der Waals surface area contributed by atoms with Crippen LogP contribution in [0.1, 0.15) is 36.8 Å². The Labute approximate surface area is 104 Å². The fraction of sp³-hybridized carbons (Fsp3) is 0.600. The topological polar surface area (TPSA) is 32.3 Å². The highest BCUT2D eigenvalue weighted by atomic mass is 16.3. The van der Waals surface area contributed by atoms with Crippen LogP contribution in [0.2, 0.25) is 0 Å². The van der Waals surface area contributed by atoms with Crippen molar-refractivity contribution in [3.63, 3.8) is 0 Å². The van der Waals surface area contributed by atoms with Crippen LogP contribution in [0.15, 0.2) is 24.3 Å². The van der Waals surface area contributed by atoms with E-state index in [1.54, 1.807) is 0 Å². The van der Waals surface area contributed by atoms with E-state index >= 15 is 0 Å². The van der Waals surface area contributed by atoms with E-state index in [-0.39, 0.29) is 6.61 Å². The Bertz CT molecular complexity index is 351. The molecule has 1 aliphatic rings. The first-order valence-corrected chi connectivity index (χ1v) is 6.70. The SMILES string of the molecule is CC(CO)CNCC1CCCc2ccccc21. The summed E-state index contributed by atoms with van der Waals surface area (Å²) in [5.41, 5.74) is 3.06. The number of fused-ring (bicyclic) bond motifs is 1. The Balaban J connectivity index is 1.90. The number of benzene rings is 1. The quantitative estimate of drug-likeness (QED) is 0.818. The third kappa shape index (κ3) is 3.30. The molecule has 0 spiro atoms. The van der Waals surface area contributed by atoms with Crippen molar-refractivity contribution in [3.8, 4) is 0 Å². The molecular weight excluding hydrogens is 210 g/mol. The maximum absolute atomic E-state index is 8.99. The Morgan fingerprint density at radius 3 is 3.06 bits per heavy atom. The summed E-state index contributed by atoms with van der Waals surface area (Å²) in [4.78, 5) is 0. The third-order valence-electron chi connectivity index (χ3n) is 3.69. The second-order valence-electron chi connectivity index (χ2n) is 5.23. The van der Waals surface area contributed by atoms with Crippen molar-refractivity contribution in [2.75, 3.05) is 19.7 Å². The summed E-state index contributed by atoms with van der Waals surface area (Å²) in [5.74, 6) is 1.01. The summed E-state index contributed by atoms with van der Waals surface area (Å²) in [5, 5.41) is 12.5. The van der Waals surface area contributed by atoms with Crippen molar-refractivity contribution in [1.82, 2.24) is 5.32 Å². The van der Waals surface area contributed by atoms with Gasteiger partial charge in [-0.05, 0) is 48.8 Å². The lowest BCUT2D eigenvalue weighted by atomic mass is 9.83. The number of aliphatic hydroxyl groups is 1. The highest BCUT2D eigenvalue weighted by Gasteiger charge is 2.19. The summed E-state index contributed by atoms with van der Waals surface area (Å²) >= 11 is 0. The average molecular weight is 233 g/mol. The van der Waals surface area contributed by atoms with Crippen LogP contribution in [0.3, 0.4) is 0 Å². The summed E-state index contributed by atoms with van der Waals surface area (Å²) < 4.78 is 0. The van der Waals surface area contributed by atoms with Gasteiger partial charge in [0, 0.05) is 13.2 Å². The van der Waals surface area contributed by atoms with E-state index in [0.717, 1.165) is 13.1 Å². The summed E-state index contributed by atoms with van der Waals surface area (Å²) in [6.07, 6.45) is 3.83. The molecule has 94 valence electrons.